The molecular weight excluding hydrogens is 396 g/mol. The van der Waals surface area contributed by atoms with Crippen LogP contribution in [0.4, 0.5) is 5.69 Å². The molecule has 0 spiro atoms. The van der Waals surface area contributed by atoms with Gasteiger partial charge in [0.15, 0.2) is 18.1 Å². The summed E-state index contributed by atoms with van der Waals surface area (Å²) in [5.41, 5.74) is 1.27. The van der Waals surface area contributed by atoms with Crippen molar-refractivity contribution in [3.05, 3.63) is 52.5 Å². The minimum atomic E-state index is -0.162. The van der Waals surface area contributed by atoms with Crippen LogP contribution in [0.1, 0.15) is 26.3 Å². The number of anilines is 1. The molecule has 136 valence electrons. The Morgan fingerprint density at radius 2 is 1.92 bits per heavy atom. The summed E-state index contributed by atoms with van der Waals surface area (Å²) in [6, 6.07) is 14.8. The van der Waals surface area contributed by atoms with E-state index in [4.69, 9.17) is 14.7 Å². The van der Waals surface area contributed by atoms with Gasteiger partial charge in [0, 0.05) is 17.8 Å². The van der Waals surface area contributed by atoms with Gasteiger partial charge in [-0.25, -0.2) is 0 Å². The number of benzene rings is 2. The van der Waals surface area contributed by atoms with Crippen molar-refractivity contribution in [1.29, 1.82) is 5.26 Å². The molecule has 0 unspecified atom stereocenters. The number of nitrogens with zero attached hydrogens (tertiary/aromatic N) is 2. The van der Waals surface area contributed by atoms with E-state index in [-0.39, 0.29) is 18.6 Å². The van der Waals surface area contributed by atoms with E-state index in [2.05, 4.69) is 22.0 Å². The third-order valence-electron chi connectivity index (χ3n) is 3.60. The van der Waals surface area contributed by atoms with Gasteiger partial charge in [-0.05, 0) is 54.9 Å². The van der Waals surface area contributed by atoms with Gasteiger partial charge < -0.3 is 14.4 Å². The van der Waals surface area contributed by atoms with Crippen LogP contribution < -0.4 is 14.4 Å². The molecule has 0 aliphatic rings. The average Bonchev–Trinajstić information content (AvgIpc) is 2.61. The molecule has 0 aliphatic carbocycles. The first-order valence-corrected chi connectivity index (χ1v) is 9.13. The Hall–Kier alpha value is -2.52. The molecule has 6 heteroatoms. The van der Waals surface area contributed by atoms with Crippen LogP contribution in [-0.2, 0) is 4.79 Å². The van der Waals surface area contributed by atoms with Crippen LogP contribution in [-0.4, -0.2) is 25.2 Å². The van der Waals surface area contributed by atoms with Crippen LogP contribution in [0.15, 0.2) is 46.9 Å². The number of carbonyl (C=O) groups is 1. The first-order chi connectivity index (χ1) is 12.5. The van der Waals surface area contributed by atoms with Gasteiger partial charge in [-0.15, -0.1) is 0 Å². The highest BCUT2D eigenvalue weighted by molar-refractivity contribution is 9.10. The molecule has 0 heterocycles. The molecule has 0 radical (unpaired) electrons. The second-order valence-electron chi connectivity index (χ2n) is 5.81. The van der Waals surface area contributed by atoms with E-state index >= 15 is 0 Å². The largest absolute Gasteiger partial charge is 0.490 e. The molecule has 1 amide bonds. The zero-order valence-electron chi connectivity index (χ0n) is 15.0. The normalized spacial score (nSPS) is 10.3. The number of ether oxygens (including phenoxy) is 2. The Bertz CT molecular complexity index is 801. The molecule has 26 heavy (non-hydrogen) atoms. The lowest BCUT2D eigenvalue weighted by molar-refractivity contribution is -0.120. The maximum absolute atomic E-state index is 12.8. The fourth-order valence-corrected chi connectivity index (χ4v) is 3.11. The minimum Gasteiger partial charge on any atom is -0.490 e. The Balaban J connectivity index is 2.22. The van der Waals surface area contributed by atoms with Gasteiger partial charge in [-0.1, -0.05) is 18.2 Å². The summed E-state index contributed by atoms with van der Waals surface area (Å²) in [5, 5.41) is 9.10. The summed E-state index contributed by atoms with van der Waals surface area (Å²) in [4.78, 5) is 14.4. The first-order valence-electron chi connectivity index (χ1n) is 8.34. The van der Waals surface area contributed by atoms with E-state index in [1.54, 1.807) is 17.0 Å². The number of hydrogen-bond donors (Lipinski definition) is 0. The van der Waals surface area contributed by atoms with Crippen molar-refractivity contribution >= 4 is 27.5 Å². The number of rotatable bonds is 7. The summed E-state index contributed by atoms with van der Waals surface area (Å²) in [6.07, 6.45) is 0. The van der Waals surface area contributed by atoms with E-state index in [0.717, 1.165) is 5.69 Å². The second-order valence-corrected chi connectivity index (χ2v) is 6.67. The third kappa shape index (κ3) is 4.77. The van der Waals surface area contributed by atoms with Crippen LogP contribution in [0.25, 0.3) is 0 Å². The van der Waals surface area contributed by atoms with Crippen LogP contribution >= 0.6 is 15.9 Å². The molecule has 0 saturated heterocycles. The number of hydrogen-bond acceptors (Lipinski definition) is 4. The maximum atomic E-state index is 12.8. The predicted molar refractivity (Wildman–Crippen MR) is 105 cm³/mol. The molecule has 0 atom stereocenters. The lowest BCUT2D eigenvalue weighted by Crippen LogP contribution is -2.40. The highest BCUT2D eigenvalue weighted by atomic mass is 79.9. The first kappa shape index (κ1) is 19.8. The molecule has 2 aromatic carbocycles. The quantitative estimate of drug-likeness (QED) is 0.664. The van der Waals surface area contributed by atoms with Gasteiger partial charge in [0.2, 0.25) is 0 Å². The lowest BCUT2D eigenvalue weighted by atomic mass is 10.2. The van der Waals surface area contributed by atoms with Crippen molar-refractivity contribution in [3.63, 3.8) is 0 Å². The summed E-state index contributed by atoms with van der Waals surface area (Å²) >= 11 is 3.39. The Kier molecular flexibility index (Phi) is 7.05. The minimum absolute atomic E-state index is 0.00994. The van der Waals surface area contributed by atoms with Crippen molar-refractivity contribution < 1.29 is 14.3 Å². The maximum Gasteiger partial charge on any atom is 0.265 e. The van der Waals surface area contributed by atoms with Crippen molar-refractivity contribution in [1.82, 2.24) is 0 Å². The van der Waals surface area contributed by atoms with Crippen LogP contribution in [0.2, 0.25) is 0 Å². The van der Waals surface area contributed by atoms with Crippen LogP contribution in [0.5, 0.6) is 11.5 Å². The number of carbonyl (C=O) groups excluding carboxylic acids is 1. The van der Waals surface area contributed by atoms with Gasteiger partial charge in [-0.3, -0.25) is 4.79 Å². The number of halogens is 1. The Morgan fingerprint density at radius 3 is 2.50 bits per heavy atom. The molecule has 0 saturated carbocycles. The molecule has 2 rings (SSSR count). The van der Waals surface area contributed by atoms with Gasteiger partial charge in [0.1, 0.15) is 0 Å². The highest BCUT2D eigenvalue weighted by Crippen LogP contribution is 2.37. The van der Waals surface area contributed by atoms with E-state index in [0.29, 0.717) is 28.1 Å². The standard InChI is InChI=1S/C20H21BrN2O3/c1-4-25-18-11-15(12-22)10-17(21)20(18)26-13-19(24)23(14(2)3)16-8-6-5-7-9-16/h5-11,14H,4,13H2,1-3H3. The lowest BCUT2D eigenvalue weighted by Gasteiger charge is -2.27. The smallest absolute Gasteiger partial charge is 0.265 e. The Labute approximate surface area is 162 Å². The summed E-state index contributed by atoms with van der Waals surface area (Å²) in [6.45, 7) is 6.03. The zero-order valence-corrected chi connectivity index (χ0v) is 16.6. The van der Waals surface area contributed by atoms with Crippen LogP contribution in [0.3, 0.4) is 0 Å². The SMILES string of the molecule is CCOc1cc(C#N)cc(Br)c1OCC(=O)N(c1ccccc1)C(C)C. The van der Waals surface area contributed by atoms with Crippen molar-refractivity contribution in [2.24, 2.45) is 0 Å². The van der Waals surface area contributed by atoms with Gasteiger partial charge in [0.25, 0.3) is 5.91 Å². The molecule has 0 bridgehead atoms. The fraction of sp³-hybridized carbons (Fsp3) is 0.300. The summed E-state index contributed by atoms with van der Waals surface area (Å²) < 4.78 is 11.9. The fourth-order valence-electron chi connectivity index (χ4n) is 2.56. The Morgan fingerprint density at radius 1 is 1.23 bits per heavy atom. The molecule has 2 aromatic rings. The third-order valence-corrected chi connectivity index (χ3v) is 4.19. The van der Waals surface area contributed by atoms with Gasteiger partial charge >= 0.3 is 0 Å². The van der Waals surface area contributed by atoms with E-state index in [1.165, 1.54) is 0 Å². The number of para-hydroxylation sites is 1. The van der Waals surface area contributed by atoms with E-state index < -0.39 is 0 Å². The van der Waals surface area contributed by atoms with Crippen molar-refractivity contribution in [2.75, 3.05) is 18.1 Å². The van der Waals surface area contributed by atoms with E-state index in [9.17, 15) is 4.79 Å². The van der Waals surface area contributed by atoms with E-state index in [1.807, 2.05) is 51.1 Å². The average molecular weight is 417 g/mol. The molecule has 0 fully saturated rings. The topological polar surface area (TPSA) is 62.6 Å². The number of amides is 1. The molecule has 5 nitrogen and oxygen atoms in total. The van der Waals surface area contributed by atoms with Crippen molar-refractivity contribution in [3.8, 4) is 17.6 Å². The number of nitriles is 1. The monoisotopic (exact) mass is 416 g/mol. The van der Waals surface area contributed by atoms with Gasteiger partial charge in [-0.2, -0.15) is 5.26 Å². The molecule has 0 N–H and O–H groups in total. The van der Waals surface area contributed by atoms with Crippen LogP contribution in [0, 0.1) is 11.3 Å². The van der Waals surface area contributed by atoms with Gasteiger partial charge in [0.05, 0.1) is 22.7 Å². The summed E-state index contributed by atoms with van der Waals surface area (Å²) in [7, 11) is 0. The van der Waals surface area contributed by atoms with Crippen molar-refractivity contribution in [2.45, 2.75) is 26.8 Å². The molecule has 0 aromatic heterocycles. The summed E-state index contributed by atoms with van der Waals surface area (Å²) in [5.74, 6) is 0.683. The molecule has 0 aliphatic heterocycles. The highest BCUT2D eigenvalue weighted by Gasteiger charge is 2.21. The second kappa shape index (κ2) is 9.25. The molecular formula is C20H21BrN2O3. The predicted octanol–water partition coefficient (Wildman–Crippen LogP) is 4.54. The zero-order chi connectivity index (χ0) is 19.1.